The summed E-state index contributed by atoms with van der Waals surface area (Å²) in [6.45, 7) is 3.96. The molecule has 1 amide bonds. The second kappa shape index (κ2) is 10.5. The normalized spacial score (nSPS) is 16.8. The fourth-order valence-electron chi connectivity index (χ4n) is 4.39. The lowest BCUT2D eigenvalue weighted by atomic mass is 9.94. The number of rotatable bonds is 7. The molecule has 1 N–H and O–H groups in total. The molecular formula is C29H27NO6. The van der Waals surface area contributed by atoms with E-state index in [0.717, 1.165) is 11.1 Å². The van der Waals surface area contributed by atoms with Crippen molar-refractivity contribution >= 4 is 29.1 Å². The first-order chi connectivity index (χ1) is 17.3. The van der Waals surface area contributed by atoms with Gasteiger partial charge in [0.2, 0.25) is 0 Å². The highest BCUT2D eigenvalue weighted by molar-refractivity contribution is 6.51. The number of esters is 1. The number of ether oxygens (including phenoxy) is 2. The van der Waals surface area contributed by atoms with Crippen LogP contribution in [0.15, 0.2) is 78.4 Å². The average molecular weight is 486 g/mol. The number of ketones is 1. The second-order valence-corrected chi connectivity index (χ2v) is 8.43. The predicted octanol–water partition coefficient (Wildman–Crippen LogP) is 4.74. The lowest BCUT2D eigenvalue weighted by Crippen LogP contribution is -2.29. The Morgan fingerprint density at radius 1 is 1.00 bits per heavy atom. The summed E-state index contributed by atoms with van der Waals surface area (Å²) in [5.41, 5.74) is 3.11. The van der Waals surface area contributed by atoms with Gasteiger partial charge in [0.05, 0.1) is 37.3 Å². The van der Waals surface area contributed by atoms with Crippen LogP contribution in [0.3, 0.4) is 0 Å². The van der Waals surface area contributed by atoms with Crippen LogP contribution >= 0.6 is 0 Å². The molecule has 3 aromatic carbocycles. The summed E-state index contributed by atoms with van der Waals surface area (Å²) in [5, 5.41) is 11.3. The smallest absolute Gasteiger partial charge is 0.310 e. The summed E-state index contributed by atoms with van der Waals surface area (Å²) in [6, 6.07) is 20.2. The third-order valence-electron chi connectivity index (χ3n) is 6.03. The molecule has 1 saturated heterocycles. The van der Waals surface area contributed by atoms with E-state index >= 15 is 0 Å². The van der Waals surface area contributed by atoms with Crippen LogP contribution in [0.25, 0.3) is 5.76 Å². The number of amides is 1. The molecule has 0 saturated carbocycles. The van der Waals surface area contributed by atoms with Gasteiger partial charge in [-0.1, -0.05) is 54.1 Å². The molecule has 1 atom stereocenters. The number of hydrogen-bond donors (Lipinski definition) is 1. The number of methoxy groups -OCH3 is 1. The quantitative estimate of drug-likeness (QED) is 0.225. The van der Waals surface area contributed by atoms with E-state index in [2.05, 4.69) is 0 Å². The van der Waals surface area contributed by atoms with Crippen LogP contribution in [-0.4, -0.2) is 36.5 Å². The Morgan fingerprint density at radius 3 is 2.39 bits per heavy atom. The number of aliphatic hydroxyl groups is 1. The first kappa shape index (κ1) is 24.7. The Kier molecular flexibility index (Phi) is 7.20. The van der Waals surface area contributed by atoms with Gasteiger partial charge in [0.1, 0.15) is 11.5 Å². The van der Waals surface area contributed by atoms with Crippen LogP contribution in [-0.2, 0) is 25.5 Å². The molecule has 184 valence electrons. The summed E-state index contributed by atoms with van der Waals surface area (Å²) in [6.07, 6.45) is 0.0993. The third kappa shape index (κ3) is 4.73. The number of carbonyl (C=O) groups excluding carboxylic acids is 3. The monoisotopic (exact) mass is 485 g/mol. The van der Waals surface area contributed by atoms with Gasteiger partial charge in [-0.15, -0.1) is 0 Å². The fraction of sp³-hybridized carbons (Fsp3) is 0.207. The topological polar surface area (TPSA) is 93.1 Å². The van der Waals surface area contributed by atoms with E-state index in [1.165, 1.54) is 12.0 Å². The van der Waals surface area contributed by atoms with Gasteiger partial charge in [0.15, 0.2) is 0 Å². The van der Waals surface area contributed by atoms with E-state index in [0.29, 0.717) is 29.2 Å². The van der Waals surface area contributed by atoms with E-state index in [1.807, 2.05) is 31.2 Å². The Bertz CT molecular complexity index is 1340. The summed E-state index contributed by atoms with van der Waals surface area (Å²) >= 11 is 0. The molecule has 4 rings (SSSR count). The Balaban J connectivity index is 1.84. The molecule has 1 aliphatic heterocycles. The number of nitrogens with zero attached hydrogens (tertiary/aromatic N) is 1. The van der Waals surface area contributed by atoms with Crippen molar-refractivity contribution < 1.29 is 29.0 Å². The minimum Gasteiger partial charge on any atom is -0.507 e. The van der Waals surface area contributed by atoms with E-state index in [1.54, 1.807) is 55.5 Å². The first-order valence-electron chi connectivity index (χ1n) is 11.6. The molecule has 7 heteroatoms. The van der Waals surface area contributed by atoms with Gasteiger partial charge in [0.25, 0.3) is 11.7 Å². The van der Waals surface area contributed by atoms with Crippen molar-refractivity contribution in [3.63, 3.8) is 0 Å². The standard InChI is InChI=1S/C29H27NO6/c1-4-36-24(31)17-19-12-14-21(15-13-19)30-26(20-9-7-8-18(2)16-20)25(28(33)29(30)34)27(32)22-10-5-6-11-23(22)35-3/h5-16,26,32H,4,17H2,1-3H3/b27-25-. The zero-order valence-electron chi connectivity index (χ0n) is 20.4. The van der Waals surface area contributed by atoms with Crippen LogP contribution in [0.5, 0.6) is 5.75 Å². The number of Topliss-reactive ketones (excluding diaryl/α,β-unsaturated/α-hetero) is 1. The largest absolute Gasteiger partial charge is 0.507 e. The first-order valence-corrected chi connectivity index (χ1v) is 11.6. The van der Waals surface area contributed by atoms with Crippen molar-refractivity contribution in [3.8, 4) is 5.75 Å². The molecule has 1 fully saturated rings. The van der Waals surface area contributed by atoms with Crippen molar-refractivity contribution in [1.29, 1.82) is 0 Å². The lowest BCUT2D eigenvalue weighted by molar-refractivity contribution is -0.142. The van der Waals surface area contributed by atoms with Crippen molar-refractivity contribution in [2.24, 2.45) is 0 Å². The van der Waals surface area contributed by atoms with E-state index < -0.39 is 17.7 Å². The maximum absolute atomic E-state index is 13.3. The fourth-order valence-corrected chi connectivity index (χ4v) is 4.39. The van der Waals surface area contributed by atoms with Crippen LogP contribution < -0.4 is 9.64 Å². The van der Waals surface area contributed by atoms with Crippen LogP contribution in [0.4, 0.5) is 5.69 Å². The summed E-state index contributed by atoms with van der Waals surface area (Å²) < 4.78 is 10.4. The van der Waals surface area contributed by atoms with E-state index in [9.17, 15) is 19.5 Å². The Morgan fingerprint density at radius 2 is 1.72 bits per heavy atom. The minimum atomic E-state index is -0.856. The average Bonchev–Trinajstić information content (AvgIpc) is 3.14. The van der Waals surface area contributed by atoms with Crippen LogP contribution in [0.1, 0.15) is 35.2 Å². The molecule has 0 radical (unpaired) electrons. The summed E-state index contributed by atoms with van der Waals surface area (Å²) in [7, 11) is 1.47. The van der Waals surface area contributed by atoms with Gasteiger partial charge in [-0.3, -0.25) is 19.3 Å². The molecule has 7 nitrogen and oxygen atoms in total. The molecule has 0 spiro atoms. The number of aliphatic hydroxyl groups excluding tert-OH is 1. The minimum absolute atomic E-state index is 0.0225. The molecule has 1 aliphatic rings. The maximum atomic E-state index is 13.3. The summed E-state index contributed by atoms with van der Waals surface area (Å²) in [4.78, 5) is 39.9. The number of benzene rings is 3. The number of aryl methyl sites for hydroxylation is 1. The van der Waals surface area contributed by atoms with E-state index in [-0.39, 0.29) is 23.7 Å². The Hall–Kier alpha value is -4.39. The van der Waals surface area contributed by atoms with Gasteiger partial charge >= 0.3 is 5.97 Å². The molecule has 1 heterocycles. The molecular weight excluding hydrogens is 458 g/mol. The molecule has 1 unspecified atom stereocenters. The molecule has 0 bridgehead atoms. The van der Waals surface area contributed by atoms with Crippen molar-refractivity contribution in [1.82, 2.24) is 0 Å². The highest BCUT2D eigenvalue weighted by atomic mass is 16.5. The van der Waals surface area contributed by atoms with Crippen molar-refractivity contribution in [2.75, 3.05) is 18.6 Å². The zero-order chi connectivity index (χ0) is 25.8. The van der Waals surface area contributed by atoms with Crippen molar-refractivity contribution in [2.45, 2.75) is 26.3 Å². The molecule has 3 aromatic rings. The summed E-state index contributed by atoms with van der Waals surface area (Å²) in [5.74, 6) is -1.81. The SMILES string of the molecule is CCOC(=O)Cc1ccc(N2C(=O)C(=O)/C(=C(\O)c3ccccc3OC)C2c2cccc(C)c2)cc1. The van der Waals surface area contributed by atoms with Crippen LogP contribution in [0.2, 0.25) is 0 Å². The molecule has 0 aromatic heterocycles. The number of hydrogen-bond acceptors (Lipinski definition) is 6. The molecule has 36 heavy (non-hydrogen) atoms. The van der Waals surface area contributed by atoms with E-state index in [4.69, 9.17) is 9.47 Å². The van der Waals surface area contributed by atoms with Gasteiger partial charge in [-0.2, -0.15) is 0 Å². The zero-order valence-corrected chi connectivity index (χ0v) is 20.4. The highest BCUT2D eigenvalue weighted by Crippen LogP contribution is 2.43. The predicted molar refractivity (Wildman–Crippen MR) is 136 cm³/mol. The van der Waals surface area contributed by atoms with Gasteiger partial charge in [-0.25, -0.2) is 0 Å². The maximum Gasteiger partial charge on any atom is 0.310 e. The second-order valence-electron chi connectivity index (χ2n) is 8.43. The van der Waals surface area contributed by atoms with Crippen molar-refractivity contribution in [3.05, 3.63) is 101 Å². The van der Waals surface area contributed by atoms with Crippen LogP contribution in [0, 0.1) is 6.92 Å². The van der Waals surface area contributed by atoms with Gasteiger partial charge < -0.3 is 14.6 Å². The van der Waals surface area contributed by atoms with Gasteiger partial charge in [-0.05, 0) is 49.2 Å². The number of carbonyl (C=O) groups is 3. The molecule has 0 aliphatic carbocycles. The van der Waals surface area contributed by atoms with Gasteiger partial charge in [0, 0.05) is 5.69 Å². The number of para-hydroxylation sites is 1. The highest BCUT2D eigenvalue weighted by Gasteiger charge is 2.47. The third-order valence-corrected chi connectivity index (χ3v) is 6.03. The number of anilines is 1. The lowest BCUT2D eigenvalue weighted by Gasteiger charge is -2.26. The Labute approximate surface area is 209 Å².